The molecule has 0 saturated carbocycles. The second-order valence-electron chi connectivity index (χ2n) is 5.76. The first-order chi connectivity index (χ1) is 12.2. The number of thioether (sulfide) groups is 1. The molecule has 0 radical (unpaired) electrons. The van der Waals surface area contributed by atoms with Crippen molar-refractivity contribution in [2.24, 2.45) is 7.05 Å². The average Bonchev–Trinajstić information content (AvgIpc) is 2.98. The van der Waals surface area contributed by atoms with Crippen molar-refractivity contribution in [2.75, 3.05) is 6.26 Å². The summed E-state index contributed by atoms with van der Waals surface area (Å²) in [6, 6.07) is 16.5. The van der Waals surface area contributed by atoms with Gasteiger partial charge in [0.1, 0.15) is 23.2 Å². The van der Waals surface area contributed by atoms with E-state index in [1.54, 1.807) is 12.1 Å². The van der Waals surface area contributed by atoms with Crippen molar-refractivity contribution in [1.82, 2.24) is 9.55 Å². The van der Waals surface area contributed by atoms with Crippen LogP contribution in [-0.2, 0) is 7.05 Å². The van der Waals surface area contributed by atoms with E-state index in [1.165, 1.54) is 23.9 Å². The number of hydrogen-bond donors (Lipinski definition) is 0. The highest BCUT2D eigenvalue weighted by molar-refractivity contribution is 7.98. The Balaban J connectivity index is 2.17. The van der Waals surface area contributed by atoms with E-state index in [2.05, 4.69) is 6.07 Å². The van der Waals surface area contributed by atoms with Gasteiger partial charge in [0.25, 0.3) is 0 Å². The third-order valence-electron chi connectivity index (χ3n) is 4.41. The molecule has 0 bridgehead atoms. The number of imidazole rings is 1. The Kier molecular flexibility index (Phi) is 3.70. The van der Waals surface area contributed by atoms with Gasteiger partial charge in [0.15, 0.2) is 0 Å². The van der Waals surface area contributed by atoms with Gasteiger partial charge in [-0.15, -0.1) is 11.8 Å². The van der Waals surface area contributed by atoms with Crippen molar-refractivity contribution >= 4 is 33.6 Å². The first-order valence-electron chi connectivity index (χ1n) is 7.77. The highest BCUT2D eigenvalue weighted by Gasteiger charge is 2.20. The Hall–Kier alpha value is -2.84. The van der Waals surface area contributed by atoms with Gasteiger partial charge >= 0.3 is 0 Å². The summed E-state index contributed by atoms with van der Waals surface area (Å²) in [5, 5.41) is 11.6. The highest BCUT2D eigenvalue weighted by atomic mass is 32.2. The molecule has 0 spiro atoms. The summed E-state index contributed by atoms with van der Waals surface area (Å²) < 4.78 is 15.3. The maximum absolute atomic E-state index is 13.3. The van der Waals surface area contributed by atoms with Crippen LogP contribution in [0.4, 0.5) is 4.39 Å². The van der Waals surface area contributed by atoms with Crippen LogP contribution in [0, 0.1) is 17.1 Å². The van der Waals surface area contributed by atoms with Crippen molar-refractivity contribution in [3.8, 4) is 17.5 Å². The molecule has 0 atom stereocenters. The van der Waals surface area contributed by atoms with Gasteiger partial charge in [0.2, 0.25) is 0 Å². The van der Waals surface area contributed by atoms with Crippen LogP contribution in [0.2, 0.25) is 0 Å². The number of aromatic nitrogens is 2. The molecular formula is C20H14FN3S. The first kappa shape index (κ1) is 15.7. The number of rotatable bonds is 2. The zero-order valence-corrected chi connectivity index (χ0v) is 14.6. The van der Waals surface area contributed by atoms with Crippen molar-refractivity contribution in [3.63, 3.8) is 0 Å². The van der Waals surface area contributed by atoms with Gasteiger partial charge in [-0.1, -0.05) is 24.3 Å². The summed E-state index contributed by atoms with van der Waals surface area (Å²) in [6.45, 7) is 0. The van der Waals surface area contributed by atoms with Crippen LogP contribution in [0.3, 0.4) is 0 Å². The van der Waals surface area contributed by atoms with Gasteiger partial charge in [-0.2, -0.15) is 5.26 Å². The minimum Gasteiger partial charge on any atom is -0.327 e. The van der Waals surface area contributed by atoms with E-state index in [4.69, 9.17) is 4.98 Å². The van der Waals surface area contributed by atoms with Crippen LogP contribution < -0.4 is 0 Å². The van der Waals surface area contributed by atoms with Crippen LogP contribution in [0.1, 0.15) is 5.56 Å². The van der Waals surface area contributed by atoms with Gasteiger partial charge < -0.3 is 4.57 Å². The summed E-state index contributed by atoms with van der Waals surface area (Å²) in [5.74, 6) is 0.482. The van der Waals surface area contributed by atoms with Crippen molar-refractivity contribution in [1.29, 1.82) is 5.26 Å². The summed E-state index contributed by atoms with van der Waals surface area (Å²) in [5.41, 5.74) is 3.29. The summed E-state index contributed by atoms with van der Waals surface area (Å²) in [6.07, 6.45) is 1.95. The van der Waals surface area contributed by atoms with Crippen LogP contribution >= 0.6 is 11.8 Å². The number of aryl methyl sites for hydroxylation is 1. The molecule has 0 aliphatic carbocycles. The van der Waals surface area contributed by atoms with E-state index >= 15 is 0 Å². The minimum atomic E-state index is -0.274. The lowest BCUT2D eigenvalue weighted by Gasteiger charge is -2.09. The molecule has 3 nitrogen and oxygen atoms in total. The van der Waals surface area contributed by atoms with Gasteiger partial charge in [-0.3, -0.25) is 0 Å². The number of hydrogen-bond acceptors (Lipinski definition) is 3. The molecular weight excluding hydrogens is 333 g/mol. The predicted octanol–water partition coefficient (Wildman–Crippen LogP) is 5.13. The van der Waals surface area contributed by atoms with Crippen LogP contribution in [0.5, 0.6) is 0 Å². The van der Waals surface area contributed by atoms with E-state index in [0.29, 0.717) is 5.56 Å². The second kappa shape index (κ2) is 5.91. The van der Waals surface area contributed by atoms with Gasteiger partial charge in [-0.05, 0) is 30.5 Å². The van der Waals surface area contributed by atoms with Crippen LogP contribution in [-0.4, -0.2) is 15.8 Å². The third-order valence-corrected chi connectivity index (χ3v) is 5.21. The van der Waals surface area contributed by atoms with E-state index in [1.807, 2.05) is 42.1 Å². The largest absolute Gasteiger partial charge is 0.327 e. The number of benzene rings is 3. The molecule has 1 aromatic heterocycles. The third kappa shape index (κ3) is 2.30. The lowest BCUT2D eigenvalue weighted by atomic mass is 10.0. The normalized spacial score (nSPS) is 11.1. The molecule has 5 heteroatoms. The van der Waals surface area contributed by atoms with Crippen molar-refractivity contribution in [3.05, 3.63) is 59.9 Å². The Bertz CT molecular complexity index is 1150. The molecule has 4 aromatic rings. The zero-order valence-electron chi connectivity index (χ0n) is 13.7. The standard InChI is InChI=1S/C20H14FN3S/c1-24-18-15-6-4-3-5-14(15)16(11-22)19(25-2)17(18)23-20(24)12-7-9-13(21)10-8-12/h3-10H,1-2H3. The van der Waals surface area contributed by atoms with Gasteiger partial charge in [-0.25, -0.2) is 9.37 Å². The molecule has 3 aromatic carbocycles. The Morgan fingerprint density at radius 3 is 2.40 bits per heavy atom. The fraction of sp³-hybridized carbons (Fsp3) is 0.100. The number of fused-ring (bicyclic) bond motifs is 3. The first-order valence-corrected chi connectivity index (χ1v) is 8.99. The second-order valence-corrected chi connectivity index (χ2v) is 6.58. The molecule has 0 fully saturated rings. The fourth-order valence-electron chi connectivity index (χ4n) is 3.28. The highest BCUT2D eigenvalue weighted by Crippen LogP contribution is 2.38. The summed E-state index contributed by atoms with van der Waals surface area (Å²) in [4.78, 5) is 5.69. The average molecular weight is 347 g/mol. The molecule has 25 heavy (non-hydrogen) atoms. The van der Waals surface area contributed by atoms with E-state index in [-0.39, 0.29) is 5.82 Å². The Morgan fingerprint density at radius 2 is 1.76 bits per heavy atom. The number of nitriles is 1. The fourth-order valence-corrected chi connectivity index (χ4v) is 3.98. The van der Waals surface area contributed by atoms with Crippen LogP contribution in [0.15, 0.2) is 53.4 Å². The van der Waals surface area contributed by atoms with Crippen molar-refractivity contribution < 1.29 is 4.39 Å². The van der Waals surface area contributed by atoms with E-state index in [9.17, 15) is 9.65 Å². The number of halogens is 1. The monoisotopic (exact) mass is 347 g/mol. The minimum absolute atomic E-state index is 0.274. The summed E-state index contributed by atoms with van der Waals surface area (Å²) >= 11 is 1.53. The lowest BCUT2D eigenvalue weighted by Crippen LogP contribution is -1.94. The SMILES string of the molecule is CSc1c(C#N)c2ccccc2c2c1nc(-c1ccc(F)cc1)n2C. The lowest BCUT2D eigenvalue weighted by molar-refractivity contribution is 0.628. The zero-order chi connectivity index (χ0) is 17.6. The van der Waals surface area contributed by atoms with Crippen LogP contribution in [0.25, 0.3) is 33.2 Å². The van der Waals surface area contributed by atoms with E-state index < -0.39 is 0 Å². The molecule has 0 N–H and O–H groups in total. The van der Waals surface area contributed by atoms with Gasteiger partial charge in [0.05, 0.1) is 16.0 Å². The molecule has 0 saturated heterocycles. The maximum Gasteiger partial charge on any atom is 0.140 e. The maximum atomic E-state index is 13.3. The molecule has 0 aliphatic rings. The molecule has 0 aliphatic heterocycles. The topological polar surface area (TPSA) is 41.6 Å². The molecule has 122 valence electrons. The quantitative estimate of drug-likeness (QED) is 0.472. The molecule has 0 amide bonds. The predicted molar refractivity (Wildman–Crippen MR) is 100 cm³/mol. The van der Waals surface area contributed by atoms with Gasteiger partial charge in [0, 0.05) is 23.4 Å². The Morgan fingerprint density at radius 1 is 1.08 bits per heavy atom. The summed E-state index contributed by atoms with van der Waals surface area (Å²) in [7, 11) is 1.95. The molecule has 4 rings (SSSR count). The van der Waals surface area contributed by atoms with E-state index in [0.717, 1.165) is 38.1 Å². The molecule has 1 heterocycles. The number of nitrogens with zero attached hydrogens (tertiary/aromatic N) is 3. The smallest absolute Gasteiger partial charge is 0.140 e. The Labute approximate surface area is 148 Å². The molecule has 0 unspecified atom stereocenters. The van der Waals surface area contributed by atoms with Crippen molar-refractivity contribution in [2.45, 2.75) is 4.90 Å².